The molecule has 144 valence electrons. The summed E-state index contributed by atoms with van der Waals surface area (Å²) in [4.78, 5) is 30.6. The molecule has 1 aromatic heterocycles. The van der Waals surface area contributed by atoms with Gasteiger partial charge >= 0.3 is 0 Å². The van der Waals surface area contributed by atoms with Gasteiger partial charge in [-0.3, -0.25) is 19.0 Å². The van der Waals surface area contributed by atoms with E-state index in [0.29, 0.717) is 12.0 Å². The number of aliphatic hydroxyl groups excluding tert-OH is 1. The molecule has 3 rings (SSSR count). The van der Waals surface area contributed by atoms with Gasteiger partial charge in [0, 0.05) is 13.1 Å². The zero-order valence-electron chi connectivity index (χ0n) is 15.5. The van der Waals surface area contributed by atoms with Crippen molar-refractivity contribution >= 4 is 17.4 Å². The van der Waals surface area contributed by atoms with E-state index in [1.807, 2.05) is 0 Å². The van der Waals surface area contributed by atoms with Crippen molar-refractivity contribution in [2.24, 2.45) is 7.05 Å². The van der Waals surface area contributed by atoms with Crippen LogP contribution in [0.25, 0.3) is 0 Å². The molecule has 1 aliphatic heterocycles. The fourth-order valence-corrected chi connectivity index (χ4v) is 2.95. The van der Waals surface area contributed by atoms with Crippen molar-refractivity contribution < 1.29 is 19.1 Å². The molecule has 0 spiro atoms. The van der Waals surface area contributed by atoms with Crippen LogP contribution >= 0.6 is 0 Å². The molecule has 2 heterocycles. The van der Waals surface area contributed by atoms with E-state index in [2.05, 4.69) is 5.32 Å². The minimum Gasteiger partial charge on any atom is -0.391 e. The van der Waals surface area contributed by atoms with Crippen LogP contribution in [0.3, 0.4) is 0 Å². The van der Waals surface area contributed by atoms with Gasteiger partial charge in [-0.1, -0.05) is 6.07 Å². The molecule has 1 aliphatic rings. The lowest BCUT2D eigenvalue weighted by Gasteiger charge is -2.30. The molecule has 1 aromatic carbocycles. The third kappa shape index (κ3) is 3.86. The van der Waals surface area contributed by atoms with Gasteiger partial charge in [-0.25, -0.2) is 9.45 Å². The lowest BCUT2D eigenvalue weighted by atomic mass is 10.0. The average molecular weight is 375 g/mol. The number of aromatic nitrogens is 1. The topological polar surface area (TPSA) is 83.8 Å². The number of fused-ring (bicyclic) bond motifs is 1. The van der Waals surface area contributed by atoms with Crippen molar-refractivity contribution in [3.05, 3.63) is 57.1 Å². The molecule has 0 aliphatic carbocycles. The third-order valence-corrected chi connectivity index (χ3v) is 4.40. The number of anilines is 2. The highest BCUT2D eigenvalue weighted by Crippen LogP contribution is 2.28. The molecule has 0 fully saturated rings. The van der Waals surface area contributed by atoms with Gasteiger partial charge in [-0.15, -0.1) is 0 Å². The first-order chi connectivity index (χ1) is 12.8. The number of benzene rings is 1. The number of aryl methyl sites for hydroxylation is 1. The predicted molar refractivity (Wildman–Crippen MR) is 98.5 cm³/mol. The number of hydroxylamine groups is 2. The van der Waals surface area contributed by atoms with Gasteiger partial charge in [0.2, 0.25) is 0 Å². The Balaban J connectivity index is 2.03. The van der Waals surface area contributed by atoms with Gasteiger partial charge < -0.3 is 10.4 Å². The summed E-state index contributed by atoms with van der Waals surface area (Å²) in [5.41, 5.74) is 1.47. The number of pyridine rings is 1. The number of rotatable bonds is 5. The average Bonchev–Trinajstić information content (AvgIpc) is 2.60. The van der Waals surface area contributed by atoms with Gasteiger partial charge in [-0.2, -0.15) is 0 Å². The molecule has 1 atom stereocenters. The quantitative estimate of drug-likeness (QED) is 0.834. The van der Waals surface area contributed by atoms with Gasteiger partial charge in [0.25, 0.3) is 11.5 Å². The van der Waals surface area contributed by atoms with Crippen LogP contribution in [0.5, 0.6) is 0 Å². The van der Waals surface area contributed by atoms with Crippen LogP contribution in [-0.4, -0.2) is 39.9 Å². The molecular formula is C19H22FN3O4. The van der Waals surface area contributed by atoms with Crippen LogP contribution in [0, 0.1) is 12.7 Å². The molecule has 2 N–H and O–H groups in total. The zero-order valence-corrected chi connectivity index (χ0v) is 15.5. The molecule has 0 radical (unpaired) electrons. The number of carbonyl (C=O) groups is 1. The minimum absolute atomic E-state index is 0.0256. The second-order valence-electron chi connectivity index (χ2n) is 6.70. The fourth-order valence-electron chi connectivity index (χ4n) is 2.95. The van der Waals surface area contributed by atoms with E-state index >= 15 is 0 Å². The SMILES string of the molecule is Cc1ccc(Nc2c3c(cc(=O)n2C)CCN(OC[C@H](C)O)C3=O)c(F)c1. The second kappa shape index (κ2) is 7.50. The van der Waals surface area contributed by atoms with E-state index in [0.717, 1.165) is 10.6 Å². The lowest BCUT2D eigenvalue weighted by molar-refractivity contribution is -0.144. The normalized spacial score (nSPS) is 14.9. The molecule has 0 saturated heterocycles. The number of hydrogen-bond acceptors (Lipinski definition) is 5. The van der Waals surface area contributed by atoms with Crippen molar-refractivity contribution in [2.75, 3.05) is 18.5 Å². The molecule has 0 bridgehead atoms. The van der Waals surface area contributed by atoms with Crippen LogP contribution in [0.4, 0.5) is 15.9 Å². The molecule has 1 amide bonds. The summed E-state index contributed by atoms with van der Waals surface area (Å²) in [5, 5.41) is 13.4. The molecule has 27 heavy (non-hydrogen) atoms. The van der Waals surface area contributed by atoms with Crippen molar-refractivity contribution in [1.82, 2.24) is 9.63 Å². The van der Waals surface area contributed by atoms with E-state index in [4.69, 9.17) is 4.84 Å². The molecule has 0 unspecified atom stereocenters. The lowest BCUT2D eigenvalue weighted by Crippen LogP contribution is -2.41. The van der Waals surface area contributed by atoms with Crippen molar-refractivity contribution in [1.29, 1.82) is 0 Å². The third-order valence-electron chi connectivity index (χ3n) is 4.40. The largest absolute Gasteiger partial charge is 0.391 e. The summed E-state index contributed by atoms with van der Waals surface area (Å²) >= 11 is 0. The van der Waals surface area contributed by atoms with Gasteiger partial charge in [0.15, 0.2) is 0 Å². The number of nitrogens with one attached hydrogen (secondary N) is 1. The second-order valence-corrected chi connectivity index (χ2v) is 6.70. The Morgan fingerprint density at radius 3 is 2.74 bits per heavy atom. The smallest absolute Gasteiger partial charge is 0.281 e. The Hall–Kier alpha value is -2.71. The van der Waals surface area contributed by atoms with Crippen molar-refractivity contribution in [2.45, 2.75) is 26.4 Å². The maximum atomic E-state index is 14.3. The maximum absolute atomic E-state index is 14.3. The van der Waals surface area contributed by atoms with Crippen molar-refractivity contribution in [3.63, 3.8) is 0 Å². The molecule has 8 heteroatoms. The first kappa shape index (κ1) is 19.1. The Labute approximate surface area is 155 Å². The highest BCUT2D eigenvalue weighted by Gasteiger charge is 2.30. The number of carbonyl (C=O) groups excluding carboxylic acids is 1. The summed E-state index contributed by atoms with van der Waals surface area (Å²) < 4.78 is 15.6. The Morgan fingerprint density at radius 2 is 2.07 bits per heavy atom. The predicted octanol–water partition coefficient (Wildman–Crippen LogP) is 1.89. The summed E-state index contributed by atoms with van der Waals surface area (Å²) in [6.45, 7) is 3.57. The van der Waals surface area contributed by atoms with Gasteiger partial charge in [0.05, 0.1) is 23.9 Å². The summed E-state index contributed by atoms with van der Waals surface area (Å²) in [6, 6.07) is 6.08. The van der Waals surface area contributed by atoms with E-state index in [1.54, 1.807) is 26.0 Å². The van der Waals surface area contributed by atoms with Crippen LogP contribution in [0.15, 0.2) is 29.1 Å². The standard InChI is InChI=1S/C19H22FN3O4/c1-11-4-5-15(14(20)8-11)21-18-17-13(9-16(25)22(18)3)6-7-23(19(17)26)27-10-12(2)24/h4-5,8-9,12,21,24H,6-7,10H2,1-3H3/t12-/m0/s1. The first-order valence-electron chi connectivity index (χ1n) is 8.67. The maximum Gasteiger partial charge on any atom is 0.281 e. The summed E-state index contributed by atoms with van der Waals surface area (Å²) in [7, 11) is 1.51. The van der Waals surface area contributed by atoms with Crippen LogP contribution in [-0.2, 0) is 18.3 Å². The number of halogens is 1. The molecule has 7 nitrogen and oxygen atoms in total. The van der Waals surface area contributed by atoms with Crippen LogP contribution in [0.1, 0.15) is 28.4 Å². The van der Waals surface area contributed by atoms with E-state index in [9.17, 15) is 19.1 Å². The van der Waals surface area contributed by atoms with Gasteiger partial charge in [-0.05, 0) is 43.5 Å². The zero-order chi connectivity index (χ0) is 19.7. The fraction of sp³-hybridized carbons (Fsp3) is 0.368. The number of amides is 1. The van der Waals surface area contributed by atoms with E-state index in [-0.39, 0.29) is 35.8 Å². The summed E-state index contributed by atoms with van der Waals surface area (Å²) in [6.07, 6.45) is -0.305. The van der Waals surface area contributed by atoms with Crippen LogP contribution < -0.4 is 10.9 Å². The highest BCUT2D eigenvalue weighted by atomic mass is 19.1. The van der Waals surface area contributed by atoms with Gasteiger partial charge in [0.1, 0.15) is 18.2 Å². The minimum atomic E-state index is -0.724. The Bertz CT molecular complexity index is 939. The van der Waals surface area contributed by atoms with Crippen LogP contribution in [0.2, 0.25) is 0 Å². The molecular weight excluding hydrogens is 353 g/mol. The monoisotopic (exact) mass is 375 g/mol. The molecule has 0 saturated carbocycles. The first-order valence-corrected chi connectivity index (χ1v) is 8.67. The Morgan fingerprint density at radius 1 is 1.33 bits per heavy atom. The van der Waals surface area contributed by atoms with E-state index < -0.39 is 17.8 Å². The number of hydrogen-bond donors (Lipinski definition) is 2. The Kier molecular flexibility index (Phi) is 5.29. The summed E-state index contributed by atoms with van der Waals surface area (Å²) in [5.74, 6) is -0.719. The highest BCUT2D eigenvalue weighted by molar-refractivity contribution is 6.01. The van der Waals surface area contributed by atoms with Crippen molar-refractivity contribution in [3.8, 4) is 0 Å². The van der Waals surface area contributed by atoms with E-state index in [1.165, 1.54) is 23.7 Å². The number of nitrogens with zero attached hydrogens (tertiary/aromatic N) is 2. The number of aliphatic hydroxyl groups is 1. The molecule has 2 aromatic rings.